The second-order valence-corrected chi connectivity index (χ2v) is 13.5. The Morgan fingerprint density at radius 3 is 2.59 bits per heavy atom. The summed E-state index contributed by atoms with van der Waals surface area (Å²) in [7, 11) is 1.77. The molecule has 3 aromatic rings. The fourth-order valence-electron chi connectivity index (χ4n) is 5.19. The summed E-state index contributed by atoms with van der Waals surface area (Å²) in [5, 5.41) is 25.7. The zero-order valence-corrected chi connectivity index (χ0v) is 26.4. The van der Waals surface area contributed by atoms with E-state index < -0.39 is 5.41 Å². The van der Waals surface area contributed by atoms with Crippen LogP contribution in [-0.2, 0) is 14.9 Å². The molecule has 2 aliphatic carbocycles. The molecular formula is C28H37ClN8O2S2. The highest BCUT2D eigenvalue weighted by molar-refractivity contribution is 7.97. The lowest BCUT2D eigenvalue weighted by Crippen LogP contribution is -2.50. The van der Waals surface area contributed by atoms with Gasteiger partial charge in [0.25, 0.3) is 0 Å². The summed E-state index contributed by atoms with van der Waals surface area (Å²) < 4.78 is 6.85. The Bertz CT molecular complexity index is 1440. The smallest absolute Gasteiger partial charge is 0.225 e. The summed E-state index contributed by atoms with van der Waals surface area (Å²) in [6.45, 7) is 9.79. The number of rotatable bonds is 8. The van der Waals surface area contributed by atoms with Gasteiger partial charge in [-0.25, -0.2) is 4.98 Å². The predicted molar refractivity (Wildman–Crippen MR) is 163 cm³/mol. The molecule has 4 heterocycles. The van der Waals surface area contributed by atoms with E-state index in [1.165, 1.54) is 24.2 Å². The largest absolute Gasteiger partial charge is 0.385 e. The lowest BCUT2D eigenvalue weighted by Gasteiger charge is -2.37. The highest BCUT2D eigenvalue weighted by Gasteiger charge is 2.48. The maximum absolute atomic E-state index is 12.4. The van der Waals surface area contributed by atoms with E-state index >= 15 is 0 Å². The molecule has 1 unspecified atom stereocenters. The van der Waals surface area contributed by atoms with Crippen LogP contribution in [-0.4, -0.2) is 70.3 Å². The zero-order chi connectivity index (χ0) is 29.3. The molecule has 41 heavy (non-hydrogen) atoms. The van der Waals surface area contributed by atoms with Gasteiger partial charge in [-0.2, -0.15) is 5.26 Å². The molecular weight excluding hydrogens is 580 g/mol. The number of piperazine rings is 1. The van der Waals surface area contributed by atoms with Crippen molar-refractivity contribution >= 4 is 52.0 Å². The van der Waals surface area contributed by atoms with E-state index in [4.69, 9.17) is 21.5 Å². The molecule has 1 amide bonds. The number of anilines is 1. The van der Waals surface area contributed by atoms with Crippen molar-refractivity contribution in [3.8, 4) is 16.9 Å². The first-order chi connectivity index (χ1) is 19.7. The number of nitrogens with zero attached hydrogens (tertiary/aromatic N) is 7. The van der Waals surface area contributed by atoms with Crippen LogP contribution in [0.15, 0.2) is 17.2 Å². The molecule has 3 aromatic heterocycles. The Morgan fingerprint density at radius 2 is 2.02 bits per heavy atom. The zero-order valence-electron chi connectivity index (χ0n) is 24.0. The van der Waals surface area contributed by atoms with E-state index in [1.54, 1.807) is 7.11 Å². The van der Waals surface area contributed by atoms with Crippen molar-refractivity contribution in [1.29, 1.82) is 5.26 Å². The van der Waals surface area contributed by atoms with Crippen LogP contribution < -0.4 is 10.0 Å². The highest BCUT2D eigenvalue weighted by atomic mass is 35.5. The van der Waals surface area contributed by atoms with Crippen LogP contribution >= 0.6 is 34.9 Å². The molecule has 2 N–H and O–H groups in total. The minimum Gasteiger partial charge on any atom is -0.385 e. The third kappa shape index (κ3) is 6.34. The van der Waals surface area contributed by atoms with Crippen molar-refractivity contribution < 1.29 is 9.53 Å². The Morgan fingerprint density at radius 1 is 1.32 bits per heavy atom. The van der Waals surface area contributed by atoms with Gasteiger partial charge < -0.3 is 14.5 Å². The SMILES string of the molecule is CC(C)C(=O)N1CCN(c2cc(SN)cn3c(-c4nnc(C5(C#N)CC5)s4)nc(Cl)c23)CC1.COCC[C@@H]1CC1C. The van der Waals surface area contributed by atoms with E-state index in [1.807, 2.05) is 35.4 Å². The summed E-state index contributed by atoms with van der Waals surface area (Å²) in [6.07, 6.45) is 6.23. The van der Waals surface area contributed by atoms with Gasteiger partial charge in [-0.05, 0) is 55.5 Å². The third-order valence-corrected chi connectivity index (χ3v) is 10.0. The number of nitrogens with two attached hydrogens (primary N) is 1. The van der Waals surface area contributed by atoms with Crippen molar-refractivity contribution in [2.45, 2.75) is 56.8 Å². The molecule has 0 aromatic carbocycles. The number of imidazole rings is 1. The van der Waals surface area contributed by atoms with Crippen molar-refractivity contribution in [2.24, 2.45) is 22.9 Å². The highest BCUT2D eigenvalue weighted by Crippen LogP contribution is 2.49. The molecule has 2 saturated carbocycles. The Kier molecular flexibility index (Phi) is 9.11. The number of ether oxygens (including phenoxy) is 1. The van der Waals surface area contributed by atoms with Gasteiger partial charge in [0.2, 0.25) is 5.91 Å². The molecule has 3 fully saturated rings. The molecule has 13 heteroatoms. The summed E-state index contributed by atoms with van der Waals surface area (Å²) >= 11 is 9.18. The summed E-state index contributed by atoms with van der Waals surface area (Å²) in [4.78, 5) is 22.0. The fraction of sp³-hybridized carbons (Fsp3) is 0.607. The first kappa shape index (κ1) is 30.0. The van der Waals surface area contributed by atoms with Gasteiger partial charge in [-0.1, -0.05) is 43.7 Å². The molecule has 0 spiro atoms. The predicted octanol–water partition coefficient (Wildman–Crippen LogP) is 5.01. The number of hydrogen-bond acceptors (Lipinski definition) is 10. The molecule has 1 aliphatic heterocycles. The first-order valence-corrected chi connectivity index (χ1v) is 16.1. The average molecular weight is 617 g/mol. The van der Waals surface area contributed by atoms with Crippen molar-refractivity contribution in [2.75, 3.05) is 44.8 Å². The number of halogens is 1. The monoisotopic (exact) mass is 616 g/mol. The second kappa shape index (κ2) is 12.4. The number of aromatic nitrogens is 4. The lowest BCUT2D eigenvalue weighted by atomic mass is 10.1. The maximum atomic E-state index is 12.4. The van der Waals surface area contributed by atoms with Crippen molar-refractivity contribution in [3.63, 3.8) is 0 Å². The molecule has 1 saturated heterocycles. The molecule has 10 nitrogen and oxygen atoms in total. The number of amides is 1. The van der Waals surface area contributed by atoms with E-state index in [2.05, 4.69) is 33.1 Å². The average Bonchev–Trinajstić information content (AvgIpc) is 3.84. The minimum atomic E-state index is -0.497. The van der Waals surface area contributed by atoms with Gasteiger partial charge in [-0.15, -0.1) is 10.2 Å². The molecule has 0 radical (unpaired) electrons. The van der Waals surface area contributed by atoms with Crippen LogP contribution in [0.3, 0.4) is 0 Å². The molecule has 0 bridgehead atoms. The Balaban J connectivity index is 0.000000365. The number of pyridine rings is 1. The van der Waals surface area contributed by atoms with Gasteiger partial charge in [0, 0.05) is 56.9 Å². The molecule has 6 rings (SSSR count). The summed E-state index contributed by atoms with van der Waals surface area (Å²) in [5.41, 5.74) is 1.20. The van der Waals surface area contributed by atoms with Crippen LogP contribution in [0.2, 0.25) is 5.15 Å². The van der Waals surface area contributed by atoms with E-state index in [0.717, 1.165) is 64.3 Å². The van der Waals surface area contributed by atoms with Crippen LogP contribution in [0, 0.1) is 29.1 Å². The van der Waals surface area contributed by atoms with Gasteiger partial charge in [0.05, 0.1) is 11.8 Å². The number of nitriles is 1. The minimum absolute atomic E-state index is 0.0142. The summed E-state index contributed by atoms with van der Waals surface area (Å²) in [5.74, 6) is 2.73. The Labute approximate surface area is 254 Å². The summed E-state index contributed by atoms with van der Waals surface area (Å²) in [6, 6.07) is 4.38. The first-order valence-electron chi connectivity index (χ1n) is 14.1. The van der Waals surface area contributed by atoms with Crippen molar-refractivity contribution in [1.82, 2.24) is 24.5 Å². The van der Waals surface area contributed by atoms with Crippen molar-refractivity contribution in [3.05, 3.63) is 22.4 Å². The maximum Gasteiger partial charge on any atom is 0.225 e. The number of carbonyl (C=O) groups is 1. The normalized spacial score (nSPS) is 21.0. The quantitative estimate of drug-likeness (QED) is 0.348. The lowest BCUT2D eigenvalue weighted by molar-refractivity contribution is -0.134. The number of carbonyl (C=O) groups excluding carboxylic acids is 1. The van der Waals surface area contributed by atoms with Gasteiger partial charge in [0.15, 0.2) is 16.0 Å². The molecule has 2 atom stereocenters. The van der Waals surface area contributed by atoms with E-state index in [0.29, 0.717) is 42.2 Å². The number of methoxy groups -OCH3 is 1. The molecule has 220 valence electrons. The van der Waals surface area contributed by atoms with Gasteiger partial charge in [-0.3, -0.25) is 14.3 Å². The van der Waals surface area contributed by atoms with E-state index in [9.17, 15) is 10.1 Å². The molecule has 3 aliphatic rings. The van der Waals surface area contributed by atoms with Gasteiger partial charge >= 0.3 is 0 Å². The topological polar surface area (TPSA) is 126 Å². The fourth-order valence-corrected chi connectivity index (χ4v) is 6.83. The van der Waals surface area contributed by atoms with Gasteiger partial charge in [0.1, 0.15) is 15.9 Å². The van der Waals surface area contributed by atoms with Crippen LogP contribution in [0.5, 0.6) is 0 Å². The van der Waals surface area contributed by atoms with E-state index in [-0.39, 0.29) is 11.8 Å². The Hall–Kier alpha value is -2.43. The van der Waals surface area contributed by atoms with Crippen LogP contribution in [0.4, 0.5) is 5.69 Å². The third-order valence-electron chi connectivity index (χ3n) is 8.17. The number of hydrogen-bond donors (Lipinski definition) is 1. The number of fused-ring (bicyclic) bond motifs is 1. The van der Waals surface area contributed by atoms with Crippen LogP contribution in [0.1, 0.15) is 51.5 Å². The second-order valence-electron chi connectivity index (χ2n) is 11.5. The van der Waals surface area contributed by atoms with Crippen LogP contribution in [0.25, 0.3) is 16.3 Å². The standard InChI is InChI=1S/C21H23ClN8OS2.C7H14O/c1-12(2)19(31)29-7-5-28(6-8-29)14-9-13(33-24)10-30-15(14)16(22)25-17(30)18-26-27-20(32-18)21(11-23)3-4-21;1-6-5-7(6)3-4-8-2/h9-10,12H,3-8,24H2,1-2H3;6-7H,3-5H2,1-2H3/t;6?,7-/m.1/s1.